The zero-order valence-corrected chi connectivity index (χ0v) is 14.7. The Morgan fingerprint density at radius 1 is 0.583 bits per heavy atom. The second-order valence-electron chi connectivity index (χ2n) is 4.82. The van der Waals surface area contributed by atoms with Gasteiger partial charge in [-0.3, -0.25) is 4.79 Å². The molecule has 8 nitrogen and oxygen atoms in total. The highest BCUT2D eigenvalue weighted by atomic mass is 16.6. The minimum atomic E-state index is -0.862. The van der Waals surface area contributed by atoms with Crippen LogP contribution in [-0.4, -0.2) is 90.4 Å². The minimum Gasteiger partial charge on any atom is -0.481 e. The highest BCUT2D eigenvalue weighted by molar-refractivity contribution is 5.66. The van der Waals surface area contributed by atoms with Crippen LogP contribution in [0, 0.1) is 0 Å². The summed E-state index contributed by atoms with van der Waals surface area (Å²) in [6, 6.07) is 0. The SMILES string of the molecule is CCCOCCOCCOCCOCCOCCOCCC(=O)O. The molecule has 0 saturated carbocycles. The van der Waals surface area contributed by atoms with Crippen LogP contribution >= 0.6 is 0 Å². The molecule has 0 aromatic carbocycles. The predicted octanol–water partition coefficient (Wildman–Crippen LogP) is 0.971. The topological polar surface area (TPSA) is 92.7 Å². The largest absolute Gasteiger partial charge is 0.481 e. The van der Waals surface area contributed by atoms with Crippen molar-refractivity contribution in [3.05, 3.63) is 0 Å². The van der Waals surface area contributed by atoms with Gasteiger partial charge in [0.25, 0.3) is 0 Å². The fourth-order valence-corrected chi connectivity index (χ4v) is 1.51. The normalized spacial score (nSPS) is 11.0. The molecule has 0 fully saturated rings. The summed E-state index contributed by atoms with van der Waals surface area (Å²) in [6.45, 7) is 8.20. The monoisotopic (exact) mass is 352 g/mol. The number of hydrogen-bond donors (Lipinski definition) is 1. The summed E-state index contributed by atoms with van der Waals surface area (Å²) >= 11 is 0. The summed E-state index contributed by atoms with van der Waals surface area (Å²) in [5, 5.41) is 8.41. The standard InChI is InChI=1S/C16H32O8/c1-2-4-19-6-8-21-10-12-23-14-15-24-13-11-22-9-7-20-5-3-16(17)18/h2-15H2,1H3,(H,17,18). The van der Waals surface area contributed by atoms with Crippen molar-refractivity contribution in [3.8, 4) is 0 Å². The molecule has 0 saturated heterocycles. The van der Waals surface area contributed by atoms with Crippen molar-refractivity contribution in [2.24, 2.45) is 0 Å². The third kappa shape index (κ3) is 21.2. The van der Waals surface area contributed by atoms with Crippen LogP contribution in [0.2, 0.25) is 0 Å². The molecule has 24 heavy (non-hydrogen) atoms. The van der Waals surface area contributed by atoms with Crippen molar-refractivity contribution in [2.45, 2.75) is 19.8 Å². The first-order valence-electron chi connectivity index (χ1n) is 8.45. The van der Waals surface area contributed by atoms with Crippen LogP contribution in [0.25, 0.3) is 0 Å². The van der Waals surface area contributed by atoms with Crippen LogP contribution in [0.5, 0.6) is 0 Å². The number of carboxylic acid groups (broad SMARTS) is 1. The summed E-state index contributed by atoms with van der Waals surface area (Å²) in [5.74, 6) is -0.862. The molecule has 8 heteroatoms. The minimum absolute atomic E-state index is 0.0147. The first-order valence-corrected chi connectivity index (χ1v) is 8.45. The first-order chi connectivity index (χ1) is 11.8. The quantitative estimate of drug-likeness (QED) is 0.324. The fourth-order valence-electron chi connectivity index (χ4n) is 1.51. The average Bonchev–Trinajstić information content (AvgIpc) is 2.56. The van der Waals surface area contributed by atoms with Crippen LogP contribution in [-0.2, 0) is 33.2 Å². The second kappa shape index (κ2) is 20.3. The van der Waals surface area contributed by atoms with Crippen LogP contribution < -0.4 is 0 Å². The summed E-state index contributed by atoms with van der Waals surface area (Å²) < 4.78 is 31.7. The van der Waals surface area contributed by atoms with E-state index in [1.54, 1.807) is 0 Å². The molecule has 0 aromatic heterocycles. The number of ether oxygens (including phenoxy) is 6. The maximum Gasteiger partial charge on any atom is 0.305 e. The third-order valence-electron chi connectivity index (χ3n) is 2.67. The molecule has 0 aliphatic heterocycles. The molecule has 0 heterocycles. The Morgan fingerprint density at radius 2 is 0.875 bits per heavy atom. The molecular weight excluding hydrogens is 320 g/mol. The van der Waals surface area contributed by atoms with Crippen molar-refractivity contribution < 1.29 is 38.3 Å². The van der Waals surface area contributed by atoms with E-state index < -0.39 is 5.97 Å². The number of aliphatic carboxylic acids is 1. The van der Waals surface area contributed by atoms with E-state index in [9.17, 15) is 4.79 Å². The van der Waals surface area contributed by atoms with Gasteiger partial charge in [-0.2, -0.15) is 0 Å². The molecule has 0 radical (unpaired) electrons. The molecule has 0 rings (SSSR count). The molecule has 0 unspecified atom stereocenters. The van der Waals surface area contributed by atoms with E-state index in [0.717, 1.165) is 13.0 Å². The summed E-state index contributed by atoms with van der Waals surface area (Å²) in [6.07, 6.45) is 1.04. The Kier molecular flexibility index (Phi) is 19.6. The van der Waals surface area contributed by atoms with Gasteiger partial charge < -0.3 is 33.5 Å². The molecule has 0 amide bonds. The third-order valence-corrected chi connectivity index (χ3v) is 2.67. The Balaban J connectivity index is 2.97. The van der Waals surface area contributed by atoms with Gasteiger partial charge in [0.2, 0.25) is 0 Å². The van der Waals surface area contributed by atoms with Gasteiger partial charge in [0.05, 0.1) is 79.1 Å². The Hall–Kier alpha value is -0.770. The molecule has 0 spiro atoms. The van der Waals surface area contributed by atoms with E-state index in [1.807, 2.05) is 0 Å². The lowest BCUT2D eigenvalue weighted by molar-refractivity contribution is -0.138. The van der Waals surface area contributed by atoms with Crippen molar-refractivity contribution in [2.75, 3.05) is 79.3 Å². The van der Waals surface area contributed by atoms with Gasteiger partial charge in [0.15, 0.2) is 0 Å². The molecular formula is C16H32O8. The smallest absolute Gasteiger partial charge is 0.305 e. The van der Waals surface area contributed by atoms with Crippen LogP contribution in [0.15, 0.2) is 0 Å². The van der Waals surface area contributed by atoms with Crippen LogP contribution in [0.1, 0.15) is 19.8 Å². The van der Waals surface area contributed by atoms with Crippen molar-refractivity contribution >= 4 is 5.97 Å². The van der Waals surface area contributed by atoms with Crippen LogP contribution in [0.4, 0.5) is 0 Å². The Bertz CT molecular complexity index is 262. The Labute approximate surface area is 144 Å². The zero-order chi connectivity index (χ0) is 17.7. The van der Waals surface area contributed by atoms with Crippen LogP contribution in [0.3, 0.4) is 0 Å². The molecule has 0 aromatic rings. The molecule has 0 atom stereocenters. The van der Waals surface area contributed by atoms with Gasteiger partial charge in [-0.15, -0.1) is 0 Å². The van der Waals surface area contributed by atoms with Crippen molar-refractivity contribution in [3.63, 3.8) is 0 Å². The molecule has 0 bridgehead atoms. The molecule has 0 aliphatic rings. The Morgan fingerprint density at radius 3 is 1.17 bits per heavy atom. The summed E-state index contributed by atoms with van der Waals surface area (Å²) in [5.41, 5.74) is 0. The van der Waals surface area contributed by atoms with Crippen molar-refractivity contribution in [1.29, 1.82) is 0 Å². The van der Waals surface area contributed by atoms with Crippen molar-refractivity contribution in [1.82, 2.24) is 0 Å². The van der Waals surface area contributed by atoms with E-state index in [0.29, 0.717) is 66.1 Å². The van der Waals surface area contributed by atoms with Gasteiger partial charge in [-0.1, -0.05) is 6.92 Å². The number of carbonyl (C=O) groups is 1. The van der Waals surface area contributed by atoms with E-state index in [2.05, 4.69) is 6.92 Å². The zero-order valence-electron chi connectivity index (χ0n) is 14.7. The maximum atomic E-state index is 10.2. The predicted molar refractivity (Wildman–Crippen MR) is 87.5 cm³/mol. The summed E-state index contributed by atoms with van der Waals surface area (Å²) in [7, 11) is 0. The van der Waals surface area contributed by atoms with E-state index in [-0.39, 0.29) is 13.0 Å². The lowest BCUT2D eigenvalue weighted by Gasteiger charge is -2.08. The highest BCUT2D eigenvalue weighted by Crippen LogP contribution is 1.86. The van der Waals surface area contributed by atoms with E-state index in [1.165, 1.54) is 0 Å². The maximum absolute atomic E-state index is 10.2. The second-order valence-corrected chi connectivity index (χ2v) is 4.82. The van der Waals surface area contributed by atoms with Gasteiger partial charge in [0.1, 0.15) is 0 Å². The lowest BCUT2D eigenvalue weighted by atomic mass is 10.5. The van der Waals surface area contributed by atoms with Gasteiger partial charge in [0, 0.05) is 6.61 Å². The molecule has 0 aliphatic carbocycles. The van der Waals surface area contributed by atoms with Gasteiger partial charge in [-0.25, -0.2) is 0 Å². The number of carboxylic acids is 1. The number of rotatable bonds is 20. The van der Waals surface area contributed by atoms with Gasteiger partial charge in [-0.05, 0) is 6.42 Å². The number of hydrogen-bond acceptors (Lipinski definition) is 7. The highest BCUT2D eigenvalue weighted by Gasteiger charge is 1.96. The molecule has 144 valence electrons. The summed E-state index contributed by atoms with van der Waals surface area (Å²) in [4.78, 5) is 10.2. The fraction of sp³-hybridized carbons (Fsp3) is 0.938. The lowest BCUT2D eigenvalue weighted by Crippen LogP contribution is -2.14. The first kappa shape index (κ1) is 23.2. The van der Waals surface area contributed by atoms with Gasteiger partial charge >= 0.3 is 5.97 Å². The van der Waals surface area contributed by atoms with E-state index >= 15 is 0 Å². The van der Waals surface area contributed by atoms with E-state index in [4.69, 9.17) is 33.5 Å². The average molecular weight is 352 g/mol. The molecule has 1 N–H and O–H groups in total.